The van der Waals surface area contributed by atoms with Gasteiger partial charge in [0.25, 0.3) is 0 Å². The molecule has 6 rings (SSSR count). The van der Waals surface area contributed by atoms with Gasteiger partial charge in [-0.3, -0.25) is 9.59 Å². The lowest BCUT2D eigenvalue weighted by atomic mass is 9.99. The minimum atomic E-state index is -0.0107. The average molecular weight is 515 g/mol. The van der Waals surface area contributed by atoms with E-state index >= 15 is 0 Å². The minimum Gasteiger partial charge on any atom is -0.289 e. The van der Waals surface area contributed by atoms with Crippen LogP contribution < -0.4 is 0 Å². The first-order valence-corrected chi connectivity index (χ1v) is 13.3. The Labute approximate surface area is 233 Å². The van der Waals surface area contributed by atoms with Crippen LogP contribution in [0.3, 0.4) is 0 Å². The normalized spacial score (nSPS) is 11.5. The monoisotopic (exact) mass is 514 g/mol. The average Bonchev–Trinajstić information content (AvgIpc) is 3.02. The number of carbonyl (C=O) groups is 2. The standard InChI is InChI=1S/C38H26O2/c39-37(35-13-5-9-31-7-1-3-11-33(31)35)25-19-27-15-21-29(22-16-27)30-23-17-28(18-24-30)20-26-38(40)36-14-6-10-32-8-2-4-12-34(32)36/h1-26H/b25-19+,26-20+. The van der Waals surface area contributed by atoms with Crippen molar-refractivity contribution >= 4 is 45.3 Å². The van der Waals surface area contributed by atoms with E-state index in [1.807, 2.05) is 121 Å². The highest BCUT2D eigenvalue weighted by molar-refractivity contribution is 6.15. The number of ketones is 2. The predicted molar refractivity (Wildman–Crippen MR) is 167 cm³/mol. The van der Waals surface area contributed by atoms with Crippen LogP contribution in [0, 0.1) is 0 Å². The lowest BCUT2D eigenvalue weighted by Gasteiger charge is -2.05. The van der Waals surface area contributed by atoms with Crippen LogP contribution >= 0.6 is 0 Å². The summed E-state index contributed by atoms with van der Waals surface area (Å²) in [4.78, 5) is 25.7. The van der Waals surface area contributed by atoms with Crippen LogP contribution in [0.15, 0.2) is 146 Å². The molecule has 0 bridgehead atoms. The lowest BCUT2D eigenvalue weighted by molar-refractivity contribution is 0.104. The van der Waals surface area contributed by atoms with Crippen LogP contribution in [0.25, 0.3) is 44.8 Å². The summed E-state index contributed by atoms with van der Waals surface area (Å²) >= 11 is 0. The summed E-state index contributed by atoms with van der Waals surface area (Å²) in [5, 5.41) is 4.05. The molecule has 0 amide bonds. The third kappa shape index (κ3) is 5.29. The summed E-state index contributed by atoms with van der Waals surface area (Å²) < 4.78 is 0. The third-order valence-electron chi connectivity index (χ3n) is 7.12. The molecule has 0 radical (unpaired) electrons. The number of hydrogen-bond donors (Lipinski definition) is 0. The van der Waals surface area contributed by atoms with Crippen LogP contribution in [0.1, 0.15) is 31.8 Å². The molecule has 0 heterocycles. The zero-order chi connectivity index (χ0) is 27.3. The van der Waals surface area contributed by atoms with E-state index in [9.17, 15) is 9.59 Å². The van der Waals surface area contributed by atoms with Crippen molar-refractivity contribution in [3.63, 3.8) is 0 Å². The van der Waals surface area contributed by atoms with E-state index in [1.54, 1.807) is 12.2 Å². The van der Waals surface area contributed by atoms with Crippen molar-refractivity contribution in [2.45, 2.75) is 0 Å². The van der Waals surface area contributed by atoms with Gasteiger partial charge in [0, 0.05) is 11.1 Å². The van der Waals surface area contributed by atoms with E-state index in [-0.39, 0.29) is 11.6 Å². The van der Waals surface area contributed by atoms with Crippen molar-refractivity contribution < 1.29 is 9.59 Å². The minimum absolute atomic E-state index is 0.0107. The molecule has 0 saturated heterocycles. The van der Waals surface area contributed by atoms with Crippen LogP contribution in [0.4, 0.5) is 0 Å². The van der Waals surface area contributed by atoms with Crippen LogP contribution in [0.2, 0.25) is 0 Å². The first-order chi connectivity index (χ1) is 19.7. The summed E-state index contributed by atoms with van der Waals surface area (Å²) in [5.41, 5.74) is 5.50. The molecule has 2 heteroatoms. The van der Waals surface area contributed by atoms with Gasteiger partial charge in [-0.15, -0.1) is 0 Å². The van der Waals surface area contributed by atoms with E-state index in [0.717, 1.165) is 43.8 Å². The SMILES string of the molecule is O=C(/C=C/c1ccc(-c2ccc(/C=C/C(=O)c3cccc4ccccc34)cc2)cc1)c1cccc2ccccc12. The maximum atomic E-state index is 12.9. The Morgan fingerprint density at radius 2 is 0.775 bits per heavy atom. The van der Waals surface area contributed by atoms with Crippen molar-refractivity contribution in [2.75, 3.05) is 0 Å². The van der Waals surface area contributed by atoms with E-state index in [0.29, 0.717) is 11.1 Å². The highest BCUT2D eigenvalue weighted by atomic mass is 16.1. The fourth-order valence-electron chi connectivity index (χ4n) is 4.98. The van der Waals surface area contributed by atoms with Gasteiger partial charge in [0.15, 0.2) is 11.6 Å². The topological polar surface area (TPSA) is 34.1 Å². The quantitative estimate of drug-likeness (QED) is 0.157. The van der Waals surface area contributed by atoms with Gasteiger partial charge in [-0.25, -0.2) is 0 Å². The summed E-state index contributed by atoms with van der Waals surface area (Å²) in [7, 11) is 0. The Kier molecular flexibility index (Phi) is 6.98. The van der Waals surface area contributed by atoms with Gasteiger partial charge in [-0.1, -0.05) is 146 Å². The van der Waals surface area contributed by atoms with Gasteiger partial charge in [0.1, 0.15) is 0 Å². The second kappa shape index (κ2) is 11.2. The molecule has 2 nitrogen and oxygen atoms in total. The molecule has 0 N–H and O–H groups in total. The van der Waals surface area contributed by atoms with E-state index in [1.165, 1.54) is 0 Å². The number of fused-ring (bicyclic) bond motifs is 2. The molecule has 6 aromatic rings. The molecule has 190 valence electrons. The molecular formula is C38H26O2. The van der Waals surface area contributed by atoms with Crippen LogP contribution in [-0.2, 0) is 0 Å². The van der Waals surface area contributed by atoms with Gasteiger partial charge in [0.2, 0.25) is 0 Å². The molecular weight excluding hydrogens is 488 g/mol. The number of hydrogen-bond acceptors (Lipinski definition) is 2. The van der Waals surface area contributed by atoms with Crippen molar-refractivity contribution in [1.82, 2.24) is 0 Å². The molecule has 0 aliphatic heterocycles. The lowest BCUT2D eigenvalue weighted by Crippen LogP contribution is -1.95. The number of rotatable bonds is 7. The summed E-state index contributed by atoms with van der Waals surface area (Å²) in [6, 6.07) is 43.7. The van der Waals surface area contributed by atoms with Gasteiger partial charge in [-0.2, -0.15) is 0 Å². The fourth-order valence-corrected chi connectivity index (χ4v) is 4.98. The molecule has 0 fully saturated rings. The highest BCUT2D eigenvalue weighted by Crippen LogP contribution is 2.23. The van der Waals surface area contributed by atoms with Crippen molar-refractivity contribution in [3.8, 4) is 11.1 Å². The highest BCUT2D eigenvalue weighted by Gasteiger charge is 2.08. The van der Waals surface area contributed by atoms with Crippen molar-refractivity contribution in [2.24, 2.45) is 0 Å². The molecule has 0 aliphatic rings. The number of allylic oxidation sites excluding steroid dienone is 2. The summed E-state index contributed by atoms with van der Waals surface area (Å²) in [6.07, 6.45) is 6.98. The first-order valence-electron chi connectivity index (χ1n) is 13.3. The zero-order valence-electron chi connectivity index (χ0n) is 21.8. The Morgan fingerprint density at radius 1 is 0.400 bits per heavy atom. The van der Waals surface area contributed by atoms with E-state index in [2.05, 4.69) is 24.3 Å². The largest absolute Gasteiger partial charge is 0.289 e. The maximum absolute atomic E-state index is 12.9. The first kappa shape index (κ1) is 25.0. The molecule has 0 saturated carbocycles. The molecule has 0 aliphatic carbocycles. The Morgan fingerprint density at radius 3 is 1.20 bits per heavy atom. The van der Waals surface area contributed by atoms with Gasteiger partial charge < -0.3 is 0 Å². The smallest absolute Gasteiger partial charge is 0.186 e. The molecule has 0 unspecified atom stereocenters. The van der Waals surface area contributed by atoms with Gasteiger partial charge in [-0.05, 0) is 56.0 Å². The summed E-state index contributed by atoms with van der Waals surface area (Å²) in [6.45, 7) is 0. The zero-order valence-corrected chi connectivity index (χ0v) is 21.8. The van der Waals surface area contributed by atoms with Crippen molar-refractivity contribution in [1.29, 1.82) is 0 Å². The molecule has 0 aromatic heterocycles. The Hall–Kier alpha value is -5.34. The maximum Gasteiger partial charge on any atom is 0.186 e. The molecule has 40 heavy (non-hydrogen) atoms. The number of carbonyl (C=O) groups excluding carboxylic acids is 2. The fraction of sp³-hybridized carbons (Fsp3) is 0. The van der Waals surface area contributed by atoms with E-state index in [4.69, 9.17) is 0 Å². The van der Waals surface area contributed by atoms with E-state index < -0.39 is 0 Å². The summed E-state index contributed by atoms with van der Waals surface area (Å²) in [5.74, 6) is -0.0214. The van der Waals surface area contributed by atoms with Crippen LogP contribution in [-0.4, -0.2) is 11.6 Å². The van der Waals surface area contributed by atoms with Crippen LogP contribution in [0.5, 0.6) is 0 Å². The van der Waals surface area contributed by atoms with Crippen molar-refractivity contribution in [3.05, 3.63) is 168 Å². The third-order valence-corrected chi connectivity index (χ3v) is 7.12. The molecule has 6 aromatic carbocycles. The number of benzene rings is 6. The Bertz CT molecular complexity index is 1750. The second-order valence-corrected chi connectivity index (χ2v) is 9.69. The molecule has 0 spiro atoms. The van der Waals surface area contributed by atoms with Gasteiger partial charge >= 0.3 is 0 Å². The Balaban J connectivity index is 1.13. The second-order valence-electron chi connectivity index (χ2n) is 9.69. The van der Waals surface area contributed by atoms with Gasteiger partial charge in [0.05, 0.1) is 0 Å². The predicted octanol–water partition coefficient (Wildman–Crippen LogP) is 9.45. The molecule has 0 atom stereocenters.